The monoisotopic (exact) mass is 442 g/mol. The number of thiazole rings is 1. The lowest BCUT2D eigenvalue weighted by Gasteiger charge is -2.35. The second-order valence-corrected chi connectivity index (χ2v) is 8.93. The first-order chi connectivity index (χ1) is 15.2. The van der Waals surface area contributed by atoms with Gasteiger partial charge < -0.3 is 24.7 Å². The van der Waals surface area contributed by atoms with E-state index >= 15 is 0 Å². The van der Waals surface area contributed by atoms with E-state index in [0.717, 1.165) is 68.1 Å². The Balaban J connectivity index is 1.38. The zero-order valence-corrected chi connectivity index (χ0v) is 18.0. The number of hydrogen-bond donors (Lipinski definition) is 2. The molecule has 1 aromatic carbocycles. The van der Waals surface area contributed by atoms with Crippen molar-refractivity contribution in [3.05, 3.63) is 34.3 Å². The standard InChI is InChI=1S/C21H26N6O3S/c28-12-15-13-31-21(22-15)19(29)14-2-1-5-27(11-14)20-17-4-3-16(10-18(17)23-25-24-20)26-6-8-30-9-7-26/h3-4,10,13-14,19,28-29H,1-2,5-9,11-12H2/t14-,19-/m0/s1. The van der Waals surface area contributed by atoms with Gasteiger partial charge in [0.05, 0.1) is 25.5 Å². The van der Waals surface area contributed by atoms with E-state index in [4.69, 9.17) is 4.74 Å². The first-order valence-corrected chi connectivity index (χ1v) is 11.5. The van der Waals surface area contributed by atoms with Gasteiger partial charge in [-0.25, -0.2) is 4.98 Å². The molecular formula is C21H26N6O3S. The predicted molar refractivity (Wildman–Crippen MR) is 118 cm³/mol. The Kier molecular flexibility index (Phi) is 5.95. The third-order valence-electron chi connectivity index (χ3n) is 6.08. The second-order valence-electron chi connectivity index (χ2n) is 8.04. The molecule has 2 atom stereocenters. The molecule has 0 saturated carbocycles. The first-order valence-electron chi connectivity index (χ1n) is 10.7. The van der Waals surface area contributed by atoms with Crippen LogP contribution < -0.4 is 9.80 Å². The predicted octanol–water partition coefficient (Wildman–Crippen LogP) is 1.76. The third-order valence-corrected chi connectivity index (χ3v) is 7.04. The molecule has 5 rings (SSSR count). The van der Waals surface area contributed by atoms with Crippen LogP contribution in [0.25, 0.3) is 10.9 Å². The Labute approximate surface area is 184 Å². The van der Waals surface area contributed by atoms with Gasteiger partial charge in [0, 0.05) is 48.6 Å². The van der Waals surface area contributed by atoms with Crippen molar-refractivity contribution in [1.82, 2.24) is 20.4 Å². The molecular weight excluding hydrogens is 416 g/mol. The smallest absolute Gasteiger partial charge is 0.162 e. The Morgan fingerprint density at radius 2 is 2.03 bits per heavy atom. The lowest BCUT2D eigenvalue weighted by molar-refractivity contribution is 0.0973. The van der Waals surface area contributed by atoms with E-state index < -0.39 is 6.10 Å². The molecule has 164 valence electrons. The maximum atomic E-state index is 10.9. The second kappa shape index (κ2) is 8.99. The van der Waals surface area contributed by atoms with Crippen LogP contribution >= 0.6 is 11.3 Å². The zero-order valence-electron chi connectivity index (χ0n) is 17.2. The molecule has 9 nitrogen and oxygen atoms in total. The van der Waals surface area contributed by atoms with E-state index in [1.54, 1.807) is 5.38 Å². The van der Waals surface area contributed by atoms with E-state index in [1.807, 2.05) is 0 Å². The highest BCUT2D eigenvalue weighted by atomic mass is 32.1. The van der Waals surface area contributed by atoms with Crippen LogP contribution in [-0.2, 0) is 11.3 Å². The van der Waals surface area contributed by atoms with Crippen LogP contribution in [-0.4, -0.2) is 70.0 Å². The van der Waals surface area contributed by atoms with Crippen LogP contribution in [0.5, 0.6) is 0 Å². The lowest BCUT2D eigenvalue weighted by atomic mass is 9.92. The van der Waals surface area contributed by atoms with Crippen LogP contribution in [0, 0.1) is 5.92 Å². The van der Waals surface area contributed by atoms with E-state index in [-0.39, 0.29) is 12.5 Å². The Morgan fingerprint density at radius 1 is 1.16 bits per heavy atom. The van der Waals surface area contributed by atoms with Crippen molar-refractivity contribution in [1.29, 1.82) is 0 Å². The number of fused-ring (bicyclic) bond motifs is 1. The van der Waals surface area contributed by atoms with Crippen LogP contribution in [0.1, 0.15) is 29.6 Å². The minimum absolute atomic E-state index is 0.0454. The molecule has 0 spiro atoms. The zero-order chi connectivity index (χ0) is 21.2. The van der Waals surface area contributed by atoms with Gasteiger partial charge in [-0.05, 0) is 36.3 Å². The summed E-state index contributed by atoms with van der Waals surface area (Å²) in [5.41, 5.74) is 2.55. The molecule has 3 aromatic rings. The molecule has 2 aliphatic rings. The summed E-state index contributed by atoms with van der Waals surface area (Å²) in [7, 11) is 0. The summed E-state index contributed by atoms with van der Waals surface area (Å²) in [5.74, 6) is 0.856. The minimum Gasteiger partial charge on any atom is -0.390 e. The van der Waals surface area contributed by atoms with Crippen molar-refractivity contribution in [2.45, 2.75) is 25.6 Å². The third kappa shape index (κ3) is 4.20. The number of aromatic nitrogens is 4. The normalized spacial score (nSPS) is 20.9. The highest BCUT2D eigenvalue weighted by molar-refractivity contribution is 7.09. The maximum absolute atomic E-state index is 10.9. The summed E-state index contributed by atoms with van der Waals surface area (Å²) in [5, 5.41) is 36.3. The molecule has 0 unspecified atom stereocenters. The molecule has 2 saturated heterocycles. The average Bonchev–Trinajstić information content (AvgIpc) is 3.33. The summed E-state index contributed by atoms with van der Waals surface area (Å²) < 4.78 is 5.45. The maximum Gasteiger partial charge on any atom is 0.162 e. The molecule has 0 amide bonds. The van der Waals surface area contributed by atoms with E-state index in [2.05, 4.69) is 48.4 Å². The minimum atomic E-state index is -0.651. The van der Waals surface area contributed by atoms with Gasteiger partial charge in [0.1, 0.15) is 16.6 Å². The fourth-order valence-corrected chi connectivity index (χ4v) is 5.29. The molecule has 2 aromatic heterocycles. The topological polar surface area (TPSA) is 108 Å². The van der Waals surface area contributed by atoms with Crippen molar-refractivity contribution < 1.29 is 14.9 Å². The number of rotatable bonds is 5. The first kappa shape index (κ1) is 20.5. The largest absolute Gasteiger partial charge is 0.390 e. The van der Waals surface area contributed by atoms with Gasteiger partial charge in [-0.15, -0.1) is 21.5 Å². The number of aliphatic hydroxyl groups excluding tert-OH is 2. The van der Waals surface area contributed by atoms with Crippen molar-refractivity contribution in [3.63, 3.8) is 0 Å². The lowest BCUT2D eigenvalue weighted by Crippen LogP contribution is -2.38. The van der Waals surface area contributed by atoms with Crippen molar-refractivity contribution in [3.8, 4) is 0 Å². The van der Waals surface area contributed by atoms with Gasteiger partial charge in [-0.3, -0.25) is 0 Å². The van der Waals surface area contributed by atoms with Gasteiger partial charge in [0.25, 0.3) is 0 Å². The van der Waals surface area contributed by atoms with Gasteiger partial charge in [0.2, 0.25) is 0 Å². The quantitative estimate of drug-likeness (QED) is 0.611. The fourth-order valence-electron chi connectivity index (χ4n) is 4.40. The van der Waals surface area contributed by atoms with Crippen molar-refractivity contribution in [2.24, 2.45) is 5.92 Å². The molecule has 31 heavy (non-hydrogen) atoms. The average molecular weight is 443 g/mol. The van der Waals surface area contributed by atoms with E-state index in [1.165, 1.54) is 11.3 Å². The van der Waals surface area contributed by atoms with E-state index in [9.17, 15) is 10.2 Å². The Morgan fingerprint density at radius 3 is 2.84 bits per heavy atom. The van der Waals surface area contributed by atoms with Gasteiger partial charge in [0.15, 0.2) is 5.82 Å². The molecule has 2 fully saturated rings. The molecule has 0 radical (unpaired) electrons. The van der Waals surface area contributed by atoms with Crippen molar-refractivity contribution >= 4 is 33.7 Å². The Hall–Kier alpha value is -2.40. The highest BCUT2D eigenvalue weighted by Gasteiger charge is 2.30. The van der Waals surface area contributed by atoms with Gasteiger partial charge >= 0.3 is 0 Å². The van der Waals surface area contributed by atoms with Gasteiger partial charge in [-0.1, -0.05) is 0 Å². The summed E-state index contributed by atoms with van der Waals surface area (Å²) in [6.07, 6.45) is 1.22. The molecule has 2 N–H and O–H groups in total. The summed E-state index contributed by atoms with van der Waals surface area (Å²) in [4.78, 5) is 8.85. The number of benzene rings is 1. The SMILES string of the molecule is OCc1csc([C@@H](O)[C@H]2CCCN(c3nnnc4cc(N5CCOCC5)ccc34)C2)n1. The van der Waals surface area contributed by atoms with Gasteiger partial charge in [-0.2, -0.15) is 0 Å². The van der Waals surface area contributed by atoms with Crippen LogP contribution in [0.2, 0.25) is 0 Å². The number of hydrogen-bond acceptors (Lipinski definition) is 10. The van der Waals surface area contributed by atoms with Crippen LogP contribution in [0.15, 0.2) is 23.6 Å². The molecule has 10 heteroatoms. The number of aliphatic hydroxyl groups is 2. The number of nitrogens with zero attached hydrogens (tertiary/aromatic N) is 6. The van der Waals surface area contributed by atoms with Crippen LogP contribution in [0.3, 0.4) is 0 Å². The molecule has 2 aliphatic heterocycles. The Bertz CT molecular complexity index is 1040. The highest BCUT2D eigenvalue weighted by Crippen LogP contribution is 2.35. The summed E-state index contributed by atoms with van der Waals surface area (Å²) >= 11 is 1.40. The van der Waals surface area contributed by atoms with Crippen molar-refractivity contribution in [2.75, 3.05) is 49.2 Å². The summed E-state index contributed by atoms with van der Waals surface area (Å²) in [6.45, 7) is 4.65. The number of morpholine rings is 1. The molecule has 0 bridgehead atoms. The fraction of sp³-hybridized carbons (Fsp3) is 0.524. The van der Waals surface area contributed by atoms with Crippen LogP contribution in [0.4, 0.5) is 11.5 Å². The number of ether oxygens (including phenoxy) is 1. The van der Waals surface area contributed by atoms with E-state index in [0.29, 0.717) is 17.2 Å². The molecule has 4 heterocycles. The summed E-state index contributed by atoms with van der Waals surface area (Å²) in [6, 6.07) is 6.26. The number of piperidine rings is 1. The number of anilines is 2. The molecule has 0 aliphatic carbocycles.